The fraction of sp³-hybridized carbons (Fsp3) is 0.833. The molecule has 0 spiro atoms. The molecule has 0 radical (unpaired) electrons. The number of nitrogens with zero attached hydrogens (tertiary/aromatic N) is 3. The van der Waals surface area contributed by atoms with E-state index in [0.717, 1.165) is 31.0 Å². The molecule has 0 aliphatic heterocycles. The molecular formula is C12H24N4O. The van der Waals surface area contributed by atoms with Gasteiger partial charge in [-0.25, -0.2) is 9.67 Å². The van der Waals surface area contributed by atoms with Crippen molar-refractivity contribution in [2.75, 3.05) is 13.2 Å². The molecule has 5 heteroatoms. The van der Waals surface area contributed by atoms with Gasteiger partial charge in [-0.1, -0.05) is 20.8 Å². The second kappa shape index (κ2) is 6.12. The zero-order chi connectivity index (χ0) is 12.9. The Hall–Kier alpha value is -0.940. The Morgan fingerprint density at radius 3 is 2.47 bits per heavy atom. The first-order valence-corrected chi connectivity index (χ1v) is 6.37. The Labute approximate surface area is 103 Å². The number of nitrogens with one attached hydrogen (secondary N) is 1. The van der Waals surface area contributed by atoms with Crippen LogP contribution in [-0.2, 0) is 19.4 Å². The molecule has 1 aromatic rings. The van der Waals surface area contributed by atoms with E-state index in [0.29, 0.717) is 6.54 Å². The van der Waals surface area contributed by atoms with E-state index in [2.05, 4.69) is 29.2 Å². The molecule has 0 aromatic carbocycles. The lowest BCUT2D eigenvalue weighted by atomic mass is 10.0. The SMILES string of the molecule is CCNC(C)(CO)Cn1nc(CC)nc1CC. The molecule has 1 heterocycles. The molecule has 17 heavy (non-hydrogen) atoms. The monoisotopic (exact) mass is 240 g/mol. The van der Waals surface area contributed by atoms with E-state index in [1.54, 1.807) is 0 Å². The van der Waals surface area contributed by atoms with E-state index in [9.17, 15) is 5.11 Å². The lowest BCUT2D eigenvalue weighted by molar-refractivity contribution is 0.154. The van der Waals surface area contributed by atoms with Crippen molar-refractivity contribution < 1.29 is 5.11 Å². The number of likely N-dealkylation sites (N-methyl/N-ethyl adjacent to an activating group) is 1. The number of aliphatic hydroxyl groups excluding tert-OH is 1. The number of hydrogen-bond acceptors (Lipinski definition) is 4. The van der Waals surface area contributed by atoms with Gasteiger partial charge in [0, 0.05) is 12.8 Å². The smallest absolute Gasteiger partial charge is 0.150 e. The largest absolute Gasteiger partial charge is 0.394 e. The predicted molar refractivity (Wildman–Crippen MR) is 67.9 cm³/mol. The number of rotatable bonds is 7. The molecule has 1 unspecified atom stereocenters. The van der Waals surface area contributed by atoms with Gasteiger partial charge in [-0.2, -0.15) is 5.10 Å². The fourth-order valence-electron chi connectivity index (χ4n) is 1.88. The second-order valence-corrected chi connectivity index (χ2v) is 4.56. The summed E-state index contributed by atoms with van der Waals surface area (Å²) in [6.07, 6.45) is 1.71. The molecule has 2 N–H and O–H groups in total. The Balaban J connectivity index is 2.88. The second-order valence-electron chi connectivity index (χ2n) is 4.56. The highest BCUT2D eigenvalue weighted by Crippen LogP contribution is 2.09. The highest BCUT2D eigenvalue weighted by atomic mass is 16.3. The molecule has 0 amide bonds. The summed E-state index contributed by atoms with van der Waals surface area (Å²) in [6.45, 7) is 9.72. The number of aryl methyl sites for hydroxylation is 2. The molecule has 0 saturated carbocycles. The summed E-state index contributed by atoms with van der Waals surface area (Å²) in [4.78, 5) is 4.47. The van der Waals surface area contributed by atoms with Crippen LogP contribution in [0.1, 0.15) is 39.3 Å². The van der Waals surface area contributed by atoms with Gasteiger partial charge < -0.3 is 10.4 Å². The van der Waals surface area contributed by atoms with E-state index < -0.39 is 0 Å². The molecule has 98 valence electrons. The summed E-state index contributed by atoms with van der Waals surface area (Å²) < 4.78 is 1.91. The van der Waals surface area contributed by atoms with Crippen LogP contribution in [0.25, 0.3) is 0 Å². The van der Waals surface area contributed by atoms with E-state index in [4.69, 9.17) is 0 Å². The van der Waals surface area contributed by atoms with Crippen molar-refractivity contribution in [2.24, 2.45) is 0 Å². The van der Waals surface area contributed by atoms with E-state index >= 15 is 0 Å². The minimum absolute atomic E-state index is 0.0886. The van der Waals surface area contributed by atoms with Gasteiger partial charge in [-0.15, -0.1) is 0 Å². The molecule has 0 saturated heterocycles. The Morgan fingerprint density at radius 1 is 1.29 bits per heavy atom. The third-order valence-electron chi connectivity index (χ3n) is 2.88. The first-order chi connectivity index (χ1) is 8.08. The topological polar surface area (TPSA) is 63.0 Å². The Morgan fingerprint density at radius 2 is 2.00 bits per heavy atom. The summed E-state index contributed by atoms with van der Waals surface area (Å²) in [7, 11) is 0. The quantitative estimate of drug-likeness (QED) is 0.739. The van der Waals surface area contributed by atoms with Gasteiger partial charge in [0.25, 0.3) is 0 Å². The van der Waals surface area contributed by atoms with Crippen LogP contribution >= 0.6 is 0 Å². The predicted octanol–water partition coefficient (Wildman–Crippen LogP) is 0.763. The van der Waals surface area contributed by atoms with Gasteiger partial charge in [-0.05, 0) is 13.5 Å². The van der Waals surface area contributed by atoms with Gasteiger partial charge in [-0.3, -0.25) is 0 Å². The summed E-state index contributed by atoms with van der Waals surface area (Å²) in [5.74, 6) is 1.86. The summed E-state index contributed by atoms with van der Waals surface area (Å²) >= 11 is 0. The van der Waals surface area contributed by atoms with Gasteiger partial charge in [0.05, 0.1) is 18.7 Å². The van der Waals surface area contributed by atoms with Gasteiger partial charge in [0.1, 0.15) is 5.82 Å². The maximum absolute atomic E-state index is 9.48. The molecule has 0 aliphatic rings. The van der Waals surface area contributed by atoms with Crippen LogP contribution in [0.4, 0.5) is 0 Å². The average Bonchev–Trinajstić information content (AvgIpc) is 2.71. The zero-order valence-electron chi connectivity index (χ0n) is 11.3. The average molecular weight is 240 g/mol. The number of aromatic nitrogens is 3. The molecule has 0 fully saturated rings. The molecule has 1 rings (SSSR count). The van der Waals surface area contributed by atoms with Crippen LogP contribution in [0.15, 0.2) is 0 Å². The third-order valence-corrected chi connectivity index (χ3v) is 2.88. The molecule has 1 atom stereocenters. The van der Waals surface area contributed by atoms with Crippen molar-refractivity contribution in [1.82, 2.24) is 20.1 Å². The van der Waals surface area contributed by atoms with Crippen molar-refractivity contribution in [3.63, 3.8) is 0 Å². The zero-order valence-corrected chi connectivity index (χ0v) is 11.3. The third kappa shape index (κ3) is 3.51. The first-order valence-electron chi connectivity index (χ1n) is 6.37. The minimum Gasteiger partial charge on any atom is -0.394 e. The first kappa shape index (κ1) is 14.1. The highest BCUT2D eigenvalue weighted by Gasteiger charge is 2.24. The van der Waals surface area contributed by atoms with Gasteiger partial charge >= 0.3 is 0 Å². The maximum atomic E-state index is 9.48. The molecule has 1 aromatic heterocycles. The van der Waals surface area contributed by atoms with Crippen LogP contribution in [-0.4, -0.2) is 38.6 Å². The maximum Gasteiger partial charge on any atom is 0.150 e. The van der Waals surface area contributed by atoms with Crippen molar-refractivity contribution in [3.8, 4) is 0 Å². The molecular weight excluding hydrogens is 216 g/mol. The number of aliphatic hydroxyl groups is 1. The van der Waals surface area contributed by atoms with E-state index in [1.165, 1.54) is 0 Å². The highest BCUT2D eigenvalue weighted by molar-refractivity contribution is 4.95. The van der Waals surface area contributed by atoms with Crippen LogP contribution in [0.3, 0.4) is 0 Å². The van der Waals surface area contributed by atoms with Crippen molar-refractivity contribution in [2.45, 2.75) is 52.6 Å². The van der Waals surface area contributed by atoms with Crippen LogP contribution < -0.4 is 5.32 Å². The minimum atomic E-state index is -0.336. The lowest BCUT2D eigenvalue weighted by Crippen LogP contribution is -2.49. The molecule has 5 nitrogen and oxygen atoms in total. The molecule has 0 bridgehead atoms. The normalized spacial score (nSPS) is 14.9. The van der Waals surface area contributed by atoms with Crippen LogP contribution in [0.2, 0.25) is 0 Å². The fourth-order valence-corrected chi connectivity index (χ4v) is 1.88. The Kier molecular flexibility index (Phi) is 5.08. The molecule has 0 aliphatic carbocycles. The standard InChI is InChI=1S/C12H24N4O/c1-5-10-14-11(6-2)16(15-10)8-12(4,9-17)13-7-3/h13,17H,5-9H2,1-4H3. The van der Waals surface area contributed by atoms with Crippen molar-refractivity contribution in [1.29, 1.82) is 0 Å². The van der Waals surface area contributed by atoms with Gasteiger partial charge in [0.2, 0.25) is 0 Å². The number of hydrogen-bond donors (Lipinski definition) is 2. The van der Waals surface area contributed by atoms with Crippen molar-refractivity contribution in [3.05, 3.63) is 11.6 Å². The lowest BCUT2D eigenvalue weighted by Gasteiger charge is -2.28. The van der Waals surface area contributed by atoms with Crippen molar-refractivity contribution >= 4 is 0 Å². The van der Waals surface area contributed by atoms with Crippen LogP contribution in [0.5, 0.6) is 0 Å². The summed E-state index contributed by atoms with van der Waals surface area (Å²) in [6, 6.07) is 0. The summed E-state index contributed by atoms with van der Waals surface area (Å²) in [5, 5.41) is 17.2. The van der Waals surface area contributed by atoms with Gasteiger partial charge in [0.15, 0.2) is 5.82 Å². The Bertz CT molecular complexity index is 350. The summed E-state index contributed by atoms with van der Waals surface area (Å²) in [5.41, 5.74) is -0.336. The van der Waals surface area contributed by atoms with E-state index in [-0.39, 0.29) is 12.1 Å². The van der Waals surface area contributed by atoms with Crippen LogP contribution in [0, 0.1) is 0 Å². The van der Waals surface area contributed by atoms with E-state index in [1.807, 2.05) is 18.5 Å².